The summed E-state index contributed by atoms with van der Waals surface area (Å²) in [6.07, 6.45) is 0.863. The molecule has 0 atom stereocenters. The van der Waals surface area contributed by atoms with E-state index in [2.05, 4.69) is 15.3 Å². The lowest BCUT2D eigenvalue weighted by molar-refractivity contribution is 0.792. The van der Waals surface area contributed by atoms with Crippen LogP contribution in [0.1, 0.15) is 18.1 Å². The number of nitrogens with zero attached hydrogens (tertiary/aromatic N) is 1. The summed E-state index contributed by atoms with van der Waals surface area (Å²) in [6, 6.07) is 3.77. The normalized spacial score (nSPS) is 10.9. The summed E-state index contributed by atoms with van der Waals surface area (Å²) in [6.45, 7) is 2.58. The number of aromatic nitrogens is 2. The highest BCUT2D eigenvalue weighted by Crippen LogP contribution is 2.18. The Balaban J connectivity index is 2.83. The highest BCUT2D eigenvalue weighted by molar-refractivity contribution is 5.78. The molecule has 5 nitrogen and oxygen atoms in total. The molecule has 0 spiro atoms. The maximum atomic E-state index is 11.4. The standard InChI is InChI=1S/C12H14N3O2/c1-3-7-4-5-9-10(8(7)6-13-2)15-12(17)11(16)14-9/h4-5H,3,6H2,1-2H3,(H,14,16)(H,15,17). The van der Waals surface area contributed by atoms with Crippen LogP contribution in [0.3, 0.4) is 0 Å². The minimum absolute atomic E-state index is 0.530. The van der Waals surface area contributed by atoms with Crippen LogP contribution in [0.2, 0.25) is 0 Å². The van der Waals surface area contributed by atoms with Gasteiger partial charge in [0.2, 0.25) is 0 Å². The summed E-state index contributed by atoms with van der Waals surface area (Å²) >= 11 is 0. The number of fused-ring (bicyclic) bond motifs is 1. The van der Waals surface area contributed by atoms with Crippen LogP contribution >= 0.6 is 0 Å². The molecule has 2 N–H and O–H groups in total. The predicted molar refractivity (Wildman–Crippen MR) is 66.3 cm³/mol. The van der Waals surface area contributed by atoms with Crippen molar-refractivity contribution in [3.05, 3.63) is 44.0 Å². The third kappa shape index (κ3) is 2.01. The fourth-order valence-electron chi connectivity index (χ4n) is 1.96. The molecular formula is C12H14N3O2. The number of H-pyrrole nitrogens is 2. The molecule has 5 heteroatoms. The van der Waals surface area contributed by atoms with E-state index in [-0.39, 0.29) is 0 Å². The van der Waals surface area contributed by atoms with Crippen LogP contribution in [0.15, 0.2) is 21.7 Å². The summed E-state index contributed by atoms with van der Waals surface area (Å²) in [5.41, 5.74) is 2.18. The molecule has 1 aromatic carbocycles. The van der Waals surface area contributed by atoms with Gasteiger partial charge in [-0.05, 0) is 23.6 Å². The number of aryl methyl sites for hydroxylation is 1. The monoisotopic (exact) mass is 232 g/mol. The fourth-order valence-corrected chi connectivity index (χ4v) is 1.96. The maximum absolute atomic E-state index is 11.4. The van der Waals surface area contributed by atoms with Crippen LogP contribution < -0.4 is 16.4 Å². The molecule has 1 radical (unpaired) electrons. The average molecular weight is 232 g/mol. The second kappa shape index (κ2) is 4.55. The van der Waals surface area contributed by atoms with E-state index in [9.17, 15) is 9.59 Å². The van der Waals surface area contributed by atoms with Crippen molar-refractivity contribution in [1.82, 2.24) is 15.3 Å². The molecular weight excluding hydrogens is 218 g/mol. The highest BCUT2D eigenvalue weighted by atomic mass is 16.2. The van der Waals surface area contributed by atoms with Crippen molar-refractivity contribution in [3.63, 3.8) is 0 Å². The average Bonchev–Trinajstić information content (AvgIpc) is 2.32. The molecule has 0 bridgehead atoms. The Morgan fingerprint density at radius 2 is 1.88 bits per heavy atom. The zero-order valence-corrected chi connectivity index (χ0v) is 9.83. The first-order valence-corrected chi connectivity index (χ1v) is 5.50. The van der Waals surface area contributed by atoms with Gasteiger partial charge in [0, 0.05) is 13.6 Å². The Morgan fingerprint density at radius 1 is 1.18 bits per heavy atom. The Labute approximate surface area is 97.9 Å². The topological polar surface area (TPSA) is 79.8 Å². The van der Waals surface area contributed by atoms with E-state index >= 15 is 0 Å². The van der Waals surface area contributed by atoms with Crippen LogP contribution in [0.4, 0.5) is 0 Å². The van der Waals surface area contributed by atoms with E-state index in [0.717, 1.165) is 17.5 Å². The molecule has 0 aliphatic rings. The fraction of sp³-hybridized carbons (Fsp3) is 0.333. The third-order valence-electron chi connectivity index (χ3n) is 2.80. The van der Waals surface area contributed by atoms with Gasteiger partial charge in [0.15, 0.2) is 0 Å². The van der Waals surface area contributed by atoms with Crippen molar-refractivity contribution in [2.45, 2.75) is 19.9 Å². The molecule has 1 heterocycles. The second-order valence-corrected chi connectivity index (χ2v) is 3.86. The molecule has 0 aliphatic carbocycles. The van der Waals surface area contributed by atoms with Crippen molar-refractivity contribution in [2.75, 3.05) is 7.05 Å². The summed E-state index contributed by atoms with van der Waals surface area (Å²) in [5.74, 6) is 0. The van der Waals surface area contributed by atoms with Gasteiger partial charge in [0.1, 0.15) is 0 Å². The lowest BCUT2D eigenvalue weighted by atomic mass is 10.0. The van der Waals surface area contributed by atoms with Crippen LogP contribution in [-0.2, 0) is 13.0 Å². The van der Waals surface area contributed by atoms with Gasteiger partial charge in [0.25, 0.3) is 0 Å². The zero-order valence-electron chi connectivity index (χ0n) is 9.83. The first kappa shape index (κ1) is 11.6. The number of hydrogen-bond donors (Lipinski definition) is 2. The molecule has 17 heavy (non-hydrogen) atoms. The van der Waals surface area contributed by atoms with Crippen LogP contribution in [0.25, 0.3) is 11.0 Å². The van der Waals surface area contributed by atoms with Crippen LogP contribution in [-0.4, -0.2) is 17.0 Å². The van der Waals surface area contributed by atoms with Crippen LogP contribution in [0, 0.1) is 0 Å². The molecule has 89 valence electrons. The van der Waals surface area contributed by atoms with Crippen molar-refractivity contribution in [1.29, 1.82) is 0 Å². The van der Waals surface area contributed by atoms with Gasteiger partial charge in [-0.25, -0.2) is 5.32 Å². The lowest BCUT2D eigenvalue weighted by Gasteiger charge is -2.10. The predicted octanol–water partition coefficient (Wildman–Crippen LogP) is 0.513. The summed E-state index contributed by atoms with van der Waals surface area (Å²) in [5, 5.41) is 4.10. The van der Waals surface area contributed by atoms with Crippen LogP contribution in [0.5, 0.6) is 0 Å². The Morgan fingerprint density at radius 3 is 2.53 bits per heavy atom. The van der Waals surface area contributed by atoms with Gasteiger partial charge >= 0.3 is 11.1 Å². The molecule has 0 unspecified atom stereocenters. The smallest absolute Gasteiger partial charge is 0.314 e. The van der Waals surface area contributed by atoms with E-state index in [4.69, 9.17) is 0 Å². The van der Waals surface area contributed by atoms with Gasteiger partial charge in [0.05, 0.1) is 11.0 Å². The first-order chi connectivity index (χ1) is 8.17. The Hall–Kier alpha value is -1.88. The van der Waals surface area contributed by atoms with E-state index in [1.54, 1.807) is 7.05 Å². The highest BCUT2D eigenvalue weighted by Gasteiger charge is 2.08. The third-order valence-corrected chi connectivity index (χ3v) is 2.80. The zero-order chi connectivity index (χ0) is 12.4. The molecule has 0 fully saturated rings. The molecule has 2 aromatic rings. The number of hydrogen-bond acceptors (Lipinski definition) is 2. The molecule has 0 aliphatic heterocycles. The number of benzene rings is 1. The van der Waals surface area contributed by atoms with Crippen molar-refractivity contribution >= 4 is 11.0 Å². The maximum Gasteiger partial charge on any atom is 0.314 e. The summed E-state index contributed by atoms with van der Waals surface area (Å²) in [4.78, 5) is 27.8. The number of aromatic amines is 2. The number of rotatable bonds is 3. The minimum atomic E-state index is -0.624. The lowest BCUT2D eigenvalue weighted by Crippen LogP contribution is -2.29. The molecule has 0 amide bonds. The van der Waals surface area contributed by atoms with E-state index in [0.29, 0.717) is 17.6 Å². The SMILES string of the molecule is CCc1ccc2[nH]c(=O)c(=O)[nH]c2c1C[N]C. The van der Waals surface area contributed by atoms with Gasteiger partial charge in [-0.2, -0.15) is 0 Å². The van der Waals surface area contributed by atoms with Gasteiger partial charge in [-0.15, -0.1) is 0 Å². The molecule has 0 saturated heterocycles. The Bertz CT molecular complexity index is 655. The van der Waals surface area contributed by atoms with E-state index in [1.165, 1.54) is 0 Å². The Kier molecular flexibility index (Phi) is 3.10. The molecule has 2 rings (SSSR count). The van der Waals surface area contributed by atoms with Gasteiger partial charge in [-0.1, -0.05) is 13.0 Å². The quantitative estimate of drug-likeness (QED) is 0.756. The second-order valence-electron chi connectivity index (χ2n) is 3.86. The summed E-state index contributed by atoms with van der Waals surface area (Å²) in [7, 11) is 1.72. The van der Waals surface area contributed by atoms with Gasteiger partial charge < -0.3 is 9.97 Å². The largest absolute Gasteiger partial charge is 0.316 e. The molecule has 0 saturated carbocycles. The molecule has 1 aromatic heterocycles. The number of nitrogens with one attached hydrogen (secondary N) is 2. The van der Waals surface area contributed by atoms with E-state index < -0.39 is 11.1 Å². The van der Waals surface area contributed by atoms with Crippen molar-refractivity contribution in [3.8, 4) is 0 Å². The van der Waals surface area contributed by atoms with Crippen molar-refractivity contribution < 1.29 is 0 Å². The summed E-state index contributed by atoms with van der Waals surface area (Å²) < 4.78 is 0. The first-order valence-electron chi connectivity index (χ1n) is 5.50. The van der Waals surface area contributed by atoms with Gasteiger partial charge in [-0.3, -0.25) is 9.59 Å². The minimum Gasteiger partial charge on any atom is -0.316 e. The van der Waals surface area contributed by atoms with E-state index in [1.807, 2.05) is 19.1 Å². The van der Waals surface area contributed by atoms with Crippen molar-refractivity contribution in [2.24, 2.45) is 0 Å².